The highest BCUT2D eigenvalue weighted by molar-refractivity contribution is 7.92. The van der Waals surface area contributed by atoms with E-state index >= 15 is 0 Å². The van der Waals surface area contributed by atoms with Crippen molar-refractivity contribution in [2.75, 3.05) is 56.4 Å². The van der Waals surface area contributed by atoms with Gasteiger partial charge in [0.1, 0.15) is 13.2 Å². The topological polar surface area (TPSA) is 114 Å². The van der Waals surface area contributed by atoms with Crippen LogP contribution in [0.25, 0.3) is 0 Å². The number of likely N-dealkylation sites (N-methyl/N-ethyl adjacent to an activating group) is 1. The number of thiocarbonyl (C=S) groups is 2. The van der Waals surface area contributed by atoms with Gasteiger partial charge < -0.3 is 20.1 Å². The lowest BCUT2D eigenvalue weighted by Crippen LogP contribution is -2.42. The van der Waals surface area contributed by atoms with Gasteiger partial charge >= 0.3 is 0 Å². The number of halogens is 2. The van der Waals surface area contributed by atoms with Crippen LogP contribution in [-0.2, 0) is 29.1 Å². The second-order valence-corrected chi connectivity index (χ2v) is 13.4. The molecule has 2 N–H and O–H groups in total. The van der Waals surface area contributed by atoms with Crippen LogP contribution in [0.3, 0.4) is 0 Å². The van der Waals surface area contributed by atoms with Crippen LogP contribution in [0.5, 0.6) is 0 Å². The van der Waals surface area contributed by atoms with Crippen molar-refractivity contribution < 1.29 is 26.3 Å². The van der Waals surface area contributed by atoms with Crippen molar-refractivity contribution in [3.05, 3.63) is 0 Å². The molecular formula is C15H25Cl2N3O6S4. The molecule has 4 unspecified atom stereocenters. The maximum atomic E-state index is 11.6. The Hall–Kier alpha value is -0.180. The summed E-state index contributed by atoms with van der Waals surface area (Å²) in [4.78, 5) is 1.93. The fourth-order valence-corrected chi connectivity index (χ4v) is 8.53. The van der Waals surface area contributed by atoms with Crippen molar-refractivity contribution in [3.8, 4) is 0 Å². The SMILES string of the molecule is CN(CCOC(=S)NC1CS(=O)(=O)CC1Cl)CCOC(=S)NC1CS(=O)(=O)CC1Cl. The van der Waals surface area contributed by atoms with Gasteiger partial charge in [-0.3, -0.25) is 4.90 Å². The molecule has 2 heterocycles. The fourth-order valence-electron chi connectivity index (χ4n) is 2.96. The molecule has 0 bridgehead atoms. The molecule has 15 heteroatoms. The van der Waals surface area contributed by atoms with Gasteiger partial charge in [-0.05, 0) is 31.5 Å². The number of sulfone groups is 2. The molecule has 0 saturated carbocycles. The molecular weight excluding hydrogens is 517 g/mol. The lowest BCUT2D eigenvalue weighted by Gasteiger charge is -2.20. The average molecular weight is 543 g/mol. The van der Waals surface area contributed by atoms with Crippen LogP contribution < -0.4 is 10.6 Å². The molecule has 2 aliphatic heterocycles. The van der Waals surface area contributed by atoms with Crippen LogP contribution >= 0.6 is 47.6 Å². The van der Waals surface area contributed by atoms with E-state index in [1.807, 2.05) is 11.9 Å². The molecule has 2 saturated heterocycles. The number of nitrogens with zero attached hydrogens (tertiary/aromatic N) is 1. The van der Waals surface area contributed by atoms with Crippen molar-refractivity contribution in [3.63, 3.8) is 0 Å². The Labute approximate surface area is 197 Å². The van der Waals surface area contributed by atoms with Gasteiger partial charge in [0.25, 0.3) is 10.3 Å². The van der Waals surface area contributed by atoms with Crippen molar-refractivity contribution in [1.29, 1.82) is 0 Å². The maximum Gasteiger partial charge on any atom is 0.256 e. The van der Waals surface area contributed by atoms with Gasteiger partial charge in [0, 0.05) is 13.1 Å². The van der Waals surface area contributed by atoms with E-state index in [2.05, 4.69) is 10.6 Å². The lowest BCUT2D eigenvalue weighted by atomic mass is 10.3. The summed E-state index contributed by atoms with van der Waals surface area (Å²) < 4.78 is 57.0. The molecule has 0 radical (unpaired) electrons. The molecule has 4 atom stereocenters. The molecule has 0 aromatic heterocycles. The molecule has 2 fully saturated rings. The monoisotopic (exact) mass is 541 g/mol. The van der Waals surface area contributed by atoms with Crippen LogP contribution in [-0.4, -0.2) is 111 Å². The Kier molecular flexibility index (Phi) is 9.65. The normalized spacial score (nSPS) is 29.5. The fraction of sp³-hybridized carbons (Fsp3) is 0.867. The molecule has 2 rings (SSSR count). The van der Waals surface area contributed by atoms with Crippen LogP contribution in [0, 0.1) is 0 Å². The molecule has 30 heavy (non-hydrogen) atoms. The highest BCUT2D eigenvalue weighted by Gasteiger charge is 2.37. The zero-order chi connectivity index (χ0) is 22.5. The average Bonchev–Trinajstić information content (AvgIpc) is 2.99. The van der Waals surface area contributed by atoms with E-state index in [1.54, 1.807) is 0 Å². The standard InChI is InChI=1S/C15H25Cl2N3O6S4/c1-20(2-4-25-14(27)18-12-8-29(21,22)6-10(12)16)3-5-26-15(28)19-13-9-30(23,24)7-11(13)17/h10-13H,2-9H2,1H3,(H,18,27)(H,19,28). The summed E-state index contributed by atoms with van der Waals surface area (Å²) in [7, 11) is -4.43. The number of nitrogens with one attached hydrogen (secondary N) is 2. The molecule has 0 spiro atoms. The largest absolute Gasteiger partial charge is 0.470 e. The van der Waals surface area contributed by atoms with Crippen molar-refractivity contribution >= 4 is 77.7 Å². The zero-order valence-corrected chi connectivity index (χ0v) is 21.0. The van der Waals surface area contributed by atoms with Crippen LogP contribution in [0.4, 0.5) is 0 Å². The number of hydrogen-bond donors (Lipinski definition) is 2. The van der Waals surface area contributed by atoms with Gasteiger partial charge in [0.2, 0.25) is 0 Å². The van der Waals surface area contributed by atoms with E-state index in [0.717, 1.165) is 0 Å². The minimum atomic E-state index is -3.14. The van der Waals surface area contributed by atoms with Crippen molar-refractivity contribution in [2.24, 2.45) is 0 Å². The van der Waals surface area contributed by atoms with E-state index in [4.69, 9.17) is 57.1 Å². The van der Waals surface area contributed by atoms with E-state index in [0.29, 0.717) is 26.3 Å². The second-order valence-electron chi connectivity index (χ2n) is 7.26. The van der Waals surface area contributed by atoms with E-state index < -0.39 is 42.5 Å². The van der Waals surface area contributed by atoms with Gasteiger partial charge in [0.05, 0.1) is 45.8 Å². The lowest BCUT2D eigenvalue weighted by molar-refractivity contribution is 0.189. The van der Waals surface area contributed by atoms with Crippen molar-refractivity contribution in [2.45, 2.75) is 22.8 Å². The van der Waals surface area contributed by atoms with E-state index in [1.165, 1.54) is 0 Å². The Bertz CT molecular complexity index is 773. The number of hydrogen-bond acceptors (Lipinski definition) is 9. The molecule has 174 valence electrons. The Morgan fingerprint density at radius 3 is 1.53 bits per heavy atom. The van der Waals surface area contributed by atoms with Crippen molar-refractivity contribution in [1.82, 2.24) is 15.5 Å². The first-order valence-electron chi connectivity index (χ1n) is 9.11. The zero-order valence-electron chi connectivity index (χ0n) is 16.3. The van der Waals surface area contributed by atoms with E-state index in [9.17, 15) is 16.8 Å². The summed E-state index contributed by atoms with van der Waals surface area (Å²) in [6.07, 6.45) is 0. The summed E-state index contributed by atoms with van der Waals surface area (Å²) in [5, 5.41) is 4.82. The Balaban J connectivity index is 1.56. The molecule has 9 nitrogen and oxygen atoms in total. The highest BCUT2D eigenvalue weighted by atomic mass is 35.5. The summed E-state index contributed by atoms with van der Waals surface area (Å²) in [6.45, 7) is 1.68. The predicted octanol–water partition coefficient (Wildman–Crippen LogP) is -0.491. The summed E-state index contributed by atoms with van der Waals surface area (Å²) in [6, 6.07) is -0.905. The smallest absolute Gasteiger partial charge is 0.256 e. The minimum absolute atomic E-state index is 0.0624. The van der Waals surface area contributed by atoms with Crippen LogP contribution in [0.15, 0.2) is 0 Å². The van der Waals surface area contributed by atoms with Gasteiger partial charge in [0.15, 0.2) is 19.7 Å². The molecule has 0 aromatic carbocycles. The van der Waals surface area contributed by atoms with Gasteiger partial charge in [-0.25, -0.2) is 16.8 Å². The highest BCUT2D eigenvalue weighted by Crippen LogP contribution is 2.18. The first-order chi connectivity index (χ1) is 13.9. The third-order valence-electron chi connectivity index (χ3n) is 4.59. The van der Waals surface area contributed by atoms with Gasteiger partial charge in [-0.2, -0.15) is 0 Å². The number of ether oxygens (including phenoxy) is 2. The number of rotatable bonds is 8. The third-order valence-corrected chi connectivity index (χ3v) is 9.81. The molecule has 0 amide bonds. The van der Waals surface area contributed by atoms with Crippen LogP contribution in [0.2, 0.25) is 0 Å². The Morgan fingerprint density at radius 1 is 0.867 bits per heavy atom. The summed E-state index contributed by atoms with van der Waals surface area (Å²) in [5.74, 6) is -0.271. The Morgan fingerprint density at radius 2 is 1.23 bits per heavy atom. The maximum absolute atomic E-state index is 11.6. The second kappa shape index (κ2) is 11.1. The van der Waals surface area contributed by atoms with Gasteiger partial charge in [-0.15, -0.1) is 23.2 Å². The molecule has 2 aliphatic rings. The summed E-state index contributed by atoms with van der Waals surface area (Å²) >= 11 is 22.2. The number of alkyl halides is 2. The quantitative estimate of drug-likeness (QED) is 0.306. The molecule has 0 aliphatic carbocycles. The predicted molar refractivity (Wildman–Crippen MR) is 125 cm³/mol. The first-order valence-corrected chi connectivity index (χ1v) is 14.4. The van der Waals surface area contributed by atoms with E-state index in [-0.39, 0.29) is 33.4 Å². The first kappa shape index (κ1) is 26.1. The van der Waals surface area contributed by atoms with Crippen LogP contribution in [0.1, 0.15) is 0 Å². The van der Waals surface area contributed by atoms with Gasteiger partial charge in [-0.1, -0.05) is 0 Å². The minimum Gasteiger partial charge on any atom is -0.470 e. The summed E-state index contributed by atoms with van der Waals surface area (Å²) in [5.41, 5.74) is 0. The molecule has 0 aromatic rings. The third kappa shape index (κ3) is 8.75.